The number of nitrogens with zero attached hydrogens (tertiary/aromatic N) is 1. The first kappa shape index (κ1) is 17.5. The van der Waals surface area contributed by atoms with E-state index in [4.69, 9.17) is 0 Å². The second kappa shape index (κ2) is 6.90. The molecule has 0 saturated carbocycles. The minimum absolute atomic E-state index is 0.0978. The molecule has 0 fully saturated rings. The minimum atomic E-state index is -3.85. The van der Waals surface area contributed by atoms with Gasteiger partial charge in [0, 0.05) is 17.8 Å². The number of pyridine rings is 1. The molecule has 0 aliphatic heterocycles. The Hall–Kier alpha value is -1.30. The average molecular weight is 432 g/mol. The highest BCUT2D eigenvalue weighted by molar-refractivity contribution is 9.11. The van der Waals surface area contributed by atoms with Crippen LogP contribution in [0.1, 0.15) is 5.56 Å². The van der Waals surface area contributed by atoms with E-state index in [1.54, 1.807) is 24.5 Å². The van der Waals surface area contributed by atoms with Crippen molar-refractivity contribution in [2.75, 3.05) is 0 Å². The Morgan fingerprint density at radius 2 is 2.12 bits per heavy atom. The van der Waals surface area contributed by atoms with Crippen LogP contribution < -0.4 is 4.72 Å². The number of rotatable bonds is 6. The number of H-pyrrole nitrogens is 1. The molecule has 0 aromatic carbocycles. The number of fused-ring (bicyclic) bond motifs is 1. The predicted molar refractivity (Wildman–Crippen MR) is 94.2 cm³/mol. The number of aromatic nitrogens is 2. The minimum Gasteiger partial charge on any atom is -0.367 e. The Labute approximate surface area is 150 Å². The Kier molecular flexibility index (Phi) is 5.04. The fourth-order valence-electron chi connectivity index (χ4n) is 2.33. The first-order valence-corrected chi connectivity index (χ1v) is 10.0. The number of hydrogen-bond acceptors (Lipinski definition) is 6. The summed E-state index contributed by atoms with van der Waals surface area (Å²) in [6, 6.07) is 5.58. The van der Waals surface area contributed by atoms with Crippen LogP contribution in [0.3, 0.4) is 0 Å². The number of halogens is 1. The molecule has 3 heterocycles. The third kappa shape index (κ3) is 3.68. The van der Waals surface area contributed by atoms with E-state index in [0.29, 0.717) is 9.43 Å². The lowest BCUT2D eigenvalue weighted by Crippen LogP contribution is -2.44. The molecule has 24 heavy (non-hydrogen) atoms. The maximum atomic E-state index is 12.4. The highest BCUT2D eigenvalue weighted by atomic mass is 79.9. The molecular weight excluding hydrogens is 418 g/mol. The standard InChI is InChI=1S/C14H14BrN3O4S2/c15-11-3-4-12(23-11)24(21,22)18-10(14(19)20)6-8-7-17-13-9(8)2-1-5-16-13/h1-5,7,10,14,18-20H,6H2,(H,16,17)/t10-/m1/s1. The normalized spacial score (nSPS) is 13.7. The summed E-state index contributed by atoms with van der Waals surface area (Å²) in [7, 11) is -3.85. The van der Waals surface area contributed by atoms with Crippen molar-refractivity contribution in [1.29, 1.82) is 0 Å². The van der Waals surface area contributed by atoms with E-state index >= 15 is 0 Å². The molecule has 4 N–H and O–H groups in total. The van der Waals surface area contributed by atoms with Crippen LogP contribution >= 0.6 is 27.3 Å². The van der Waals surface area contributed by atoms with Gasteiger partial charge in [-0.15, -0.1) is 11.3 Å². The van der Waals surface area contributed by atoms with Crippen LogP contribution in [0.4, 0.5) is 0 Å². The molecule has 3 rings (SSSR count). The molecule has 1 atom stereocenters. The average Bonchev–Trinajstić information content (AvgIpc) is 3.14. The summed E-state index contributed by atoms with van der Waals surface area (Å²) < 4.78 is 27.9. The van der Waals surface area contributed by atoms with Crippen molar-refractivity contribution in [3.63, 3.8) is 0 Å². The number of aliphatic hydroxyl groups is 2. The smallest absolute Gasteiger partial charge is 0.250 e. The van der Waals surface area contributed by atoms with Crippen molar-refractivity contribution in [3.05, 3.63) is 46.0 Å². The van der Waals surface area contributed by atoms with Crippen LogP contribution in [0, 0.1) is 0 Å². The van der Waals surface area contributed by atoms with Gasteiger partial charge in [-0.1, -0.05) is 0 Å². The summed E-state index contributed by atoms with van der Waals surface area (Å²) >= 11 is 4.26. The van der Waals surface area contributed by atoms with Gasteiger partial charge in [0.2, 0.25) is 0 Å². The summed E-state index contributed by atoms with van der Waals surface area (Å²) in [6.07, 6.45) is 1.58. The molecule has 0 radical (unpaired) electrons. The highest BCUT2D eigenvalue weighted by Crippen LogP contribution is 2.26. The molecule has 0 amide bonds. The topological polar surface area (TPSA) is 115 Å². The lowest BCUT2D eigenvalue weighted by atomic mass is 10.1. The van der Waals surface area contributed by atoms with E-state index in [-0.39, 0.29) is 10.6 Å². The zero-order valence-electron chi connectivity index (χ0n) is 12.2. The number of sulfonamides is 1. The van der Waals surface area contributed by atoms with Crippen molar-refractivity contribution < 1.29 is 18.6 Å². The molecular formula is C14H14BrN3O4S2. The first-order valence-electron chi connectivity index (χ1n) is 6.91. The molecule has 0 unspecified atom stereocenters. The Morgan fingerprint density at radius 1 is 1.33 bits per heavy atom. The maximum absolute atomic E-state index is 12.4. The van der Waals surface area contributed by atoms with Crippen LogP contribution in [0.2, 0.25) is 0 Å². The maximum Gasteiger partial charge on any atom is 0.250 e. The van der Waals surface area contributed by atoms with Gasteiger partial charge >= 0.3 is 0 Å². The molecule has 0 aliphatic rings. The van der Waals surface area contributed by atoms with Gasteiger partial charge in [-0.25, -0.2) is 18.1 Å². The van der Waals surface area contributed by atoms with Crippen molar-refractivity contribution in [1.82, 2.24) is 14.7 Å². The van der Waals surface area contributed by atoms with E-state index in [1.807, 2.05) is 6.07 Å². The van der Waals surface area contributed by atoms with Crippen LogP contribution in [0.5, 0.6) is 0 Å². The predicted octanol–water partition coefficient (Wildman–Crippen LogP) is 1.59. The molecule has 3 aromatic heterocycles. The van der Waals surface area contributed by atoms with Crippen molar-refractivity contribution >= 4 is 48.3 Å². The SMILES string of the molecule is O=S(=O)(N[C@H](Cc1c[nH]c2ncccc12)C(O)O)c1ccc(Br)s1. The van der Waals surface area contributed by atoms with Gasteiger partial charge in [0.25, 0.3) is 10.0 Å². The Morgan fingerprint density at radius 3 is 2.79 bits per heavy atom. The first-order chi connectivity index (χ1) is 11.4. The van der Waals surface area contributed by atoms with Crippen molar-refractivity contribution in [3.8, 4) is 0 Å². The number of thiophene rings is 1. The van der Waals surface area contributed by atoms with E-state index in [1.165, 1.54) is 6.07 Å². The Balaban J connectivity index is 1.85. The molecule has 0 aliphatic carbocycles. The summed E-state index contributed by atoms with van der Waals surface area (Å²) in [5.41, 5.74) is 1.40. The lowest BCUT2D eigenvalue weighted by molar-refractivity contribution is -0.0615. The van der Waals surface area contributed by atoms with Gasteiger partial charge in [-0.3, -0.25) is 0 Å². The third-order valence-corrected chi connectivity index (χ3v) is 7.06. The third-order valence-electron chi connectivity index (χ3n) is 3.46. The molecule has 7 nitrogen and oxygen atoms in total. The van der Waals surface area contributed by atoms with Gasteiger partial charge in [0.15, 0.2) is 6.29 Å². The van der Waals surface area contributed by atoms with Gasteiger partial charge in [-0.2, -0.15) is 0 Å². The van der Waals surface area contributed by atoms with E-state index in [9.17, 15) is 18.6 Å². The fourth-order valence-corrected chi connectivity index (χ4v) is 5.59. The van der Waals surface area contributed by atoms with Gasteiger partial charge in [-0.05, 0) is 52.2 Å². The van der Waals surface area contributed by atoms with Crippen LogP contribution in [0.25, 0.3) is 11.0 Å². The van der Waals surface area contributed by atoms with E-state index in [0.717, 1.165) is 22.3 Å². The fraction of sp³-hybridized carbons (Fsp3) is 0.214. The highest BCUT2D eigenvalue weighted by Gasteiger charge is 2.27. The number of aromatic amines is 1. The largest absolute Gasteiger partial charge is 0.367 e. The summed E-state index contributed by atoms with van der Waals surface area (Å²) in [5, 5.41) is 20.0. The van der Waals surface area contributed by atoms with Crippen molar-refractivity contribution in [2.24, 2.45) is 0 Å². The van der Waals surface area contributed by atoms with Crippen LogP contribution in [0.15, 0.2) is 44.7 Å². The number of nitrogens with one attached hydrogen (secondary N) is 2. The summed E-state index contributed by atoms with van der Waals surface area (Å²) in [4.78, 5) is 7.13. The van der Waals surface area contributed by atoms with E-state index in [2.05, 4.69) is 30.6 Å². The Bertz CT molecular complexity index is 952. The lowest BCUT2D eigenvalue weighted by Gasteiger charge is -2.19. The van der Waals surface area contributed by atoms with Crippen LogP contribution in [-0.4, -0.2) is 40.9 Å². The number of hydrogen-bond donors (Lipinski definition) is 4. The van der Waals surface area contributed by atoms with E-state index < -0.39 is 22.4 Å². The molecule has 0 bridgehead atoms. The molecule has 10 heteroatoms. The van der Waals surface area contributed by atoms with Gasteiger partial charge in [0.05, 0.1) is 9.83 Å². The van der Waals surface area contributed by atoms with Crippen molar-refractivity contribution in [2.45, 2.75) is 23.0 Å². The number of aliphatic hydroxyl groups excluding tert-OH is 1. The van der Waals surface area contributed by atoms with Crippen LogP contribution in [-0.2, 0) is 16.4 Å². The monoisotopic (exact) mass is 431 g/mol. The summed E-state index contributed by atoms with van der Waals surface area (Å²) in [6.45, 7) is 0. The zero-order valence-corrected chi connectivity index (χ0v) is 15.4. The van der Waals surface area contributed by atoms with Gasteiger partial charge in [0.1, 0.15) is 9.86 Å². The second-order valence-corrected chi connectivity index (χ2v) is 9.52. The molecule has 0 saturated heterocycles. The van der Waals surface area contributed by atoms with Gasteiger partial charge < -0.3 is 15.2 Å². The summed E-state index contributed by atoms with van der Waals surface area (Å²) in [5.74, 6) is 0. The second-order valence-electron chi connectivity index (χ2n) is 5.12. The quantitative estimate of drug-likeness (QED) is 0.442. The zero-order chi connectivity index (χ0) is 17.3. The molecule has 0 spiro atoms. The molecule has 128 valence electrons. The molecule has 3 aromatic rings.